The zero-order valence-electron chi connectivity index (χ0n) is 13.4. The number of thiazole rings is 1. The van der Waals surface area contributed by atoms with Crippen LogP contribution >= 0.6 is 11.3 Å². The van der Waals surface area contributed by atoms with Gasteiger partial charge in [0.2, 0.25) is 5.91 Å². The monoisotopic (exact) mass is 350 g/mol. The van der Waals surface area contributed by atoms with Gasteiger partial charge in [-0.05, 0) is 30.7 Å². The van der Waals surface area contributed by atoms with Crippen molar-refractivity contribution in [3.63, 3.8) is 0 Å². The van der Waals surface area contributed by atoms with Gasteiger partial charge in [0.1, 0.15) is 16.4 Å². The number of amides is 1. The van der Waals surface area contributed by atoms with Gasteiger partial charge in [-0.3, -0.25) is 4.79 Å². The highest BCUT2D eigenvalue weighted by Gasteiger charge is 2.12. The second kappa shape index (κ2) is 8.88. The summed E-state index contributed by atoms with van der Waals surface area (Å²) in [5, 5.41) is 3.02. The number of anilines is 1. The molecule has 1 amide bonds. The molecule has 1 heterocycles. The summed E-state index contributed by atoms with van der Waals surface area (Å²) in [5.74, 6) is 0.829. The maximum atomic E-state index is 11.8. The molecule has 0 radical (unpaired) electrons. The second-order valence-electron chi connectivity index (χ2n) is 4.70. The van der Waals surface area contributed by atoms with E-state index < -0.39 is 5.97 Å². The molecule has 2 aromatic rings. The zero-order chi connectivity index (χ0) is 17.4. The van der Waals surface area contributed by atoms with Crippen LogP contribution in [0.2, 0.25) is 0 Å². The Hall–Kier alpha value is -2.61. The van der Waals surface area contributed by atoms with Crippen LogP contribution in [0.1, 0.15) is 22.5 Å². The highest BCUT2D eigenvalue weighted by molar-refractivity contribution is 7.17. The highest BCUT2D eigenvalue weighted by atomic mass is 32.1. The van der Waals surface area contributed by atoms with E-state index in [1.807, 2.05) is 24.3 Å². The molecule has 0 bridgehead atoms. The zero-order valence-corrected chi connectivity index (χ0v) is 14.2. The largest absolute Gasteiger partial charge is 0.497 e. The van der Waals surface area contributed by atoms with Crippen molar-refractivity contribution in [1.82, 2.24) is 4.98 Å². The molecule has 1 aromatic heterocycles. The van der Waals surface area contributed by atoms with Crippen molar-refractivity contribution in [3.05, 3.63) is 35.3 Å². The summed E-state index contributed by atoms with van der Waals surface area (Å²) in [6, 6.07) is 7.23. The smallest absolute Gasteiger partial charge is 0.349 e. The van der Waals surface area contributed by atoms with Crippen LogP contribution in [0.5, 0.6) is 11.5 Å². The Kier molecular flexibility index (Phi) is 6.56. The maximum absolute atomic E-state index is 11.8. The van der Waals surface area contributed by atoms with Crippen molar-refractivity contribution < 1.29 is 23.8 Å². The number of aromatic nitrogens is 1. The van der Waals surface area contributed by atoms with E-state index in [1.165, 1.54) is 13.3 Å². The van der Waals surface area contributed by atoms with Gasteiger partial charge in [-0.2, -0.15) is 0 Å². The third kappa shape index (κ3) is 5.24. The third-order valence-electron chi connectivity index (χ3n) is 3.01. The molecule has 1 N–H and O–H groups in total. The molecule has 128 valence electrons. The fourth-order valence-electron chi connectivity index (χ4n) is 1.80. The molecule has 0 aliphatic rings. The van der Waals surface area contributed by atoms with Crippen LogP contribution in [0.15, 0.2) is 30.5 Å². The molecule has 1 aromatic carbocycles. The molecule has 24 heavy (non-hydrogen) atoms. The number of methoxy groups -OCH3 is 2. The SMILES string of the molecule is COC(=O)c1cnc(NC(=O)CCCOc2ccc(OC)cc2)s1. The van der Waals surface area contributed by atoms with Gasteiger partial charge in [-0.1, -0.05) is 11.3 Å². The predicted molar refractivity (Wildman–Crippen MR) is 89.8 cm³/mol. The van der Waals surface area contributed by atoms with Gasteiger partial charge < -0.3 is 19.5 Å². The van der Waals surface area contributed by atoms with Crippen molar-refractivity contribution in [1.29, 1.82) is 0 Å². The van der Waals surface area contributed by atoms with Gasteiger partial charge in [-0.15, -0.1) is 0 Å². The van der Waals surface area contributed by atoms with Gasteiger partial charge in [0.05, 0.1) is 27.0 Å². The van der Waals surface area contributed by atoms with E-state index in [9.17, 15) is 9.59 Å². The number of hydrogen-bond acceptors (Lipinski definition) is 7. The van der Waals surface area contributed by atoms with E-state index in [4.69, 9.17) is 9.47 Å². The number of benzene rings is 1. The lowest BCUT2D eigenvalue weighted by atomic mass is 10.3. The second-order valence-corrected chi connectivity index (χ2v) is 5.73. The molecular weight excluding hydrogens is 332 g/mol. The van der Waals surface area contributed by atoms with Crippen LogP contribution in [0.3, 0.4) is 0 Å². The molecule has 0 fully saturated rings. The number of hydrogen-bond donors (Lipinski definition) is 1. The van der Waals surface area contributed by atoms with Crippen LogP contribution in [-0.4, -0.2) is 37.7 Å². The molecule has 0 atom stereocenters. The fourth-order valence-corrected chi connectivity index (χ4v) is 2.55. The highest BCUT2D eigenvalue weighted by Crippen LogP contribution is 2.19. The Labute approximate surface area is 143 Å². The molecule has 0 unspecified atom stereocenters. The number of rotatable bonds is 8. The van der Waals surface area contributed by atoms with Crippen LogP contribution < -0.4 is 14.8 Å². The van der Waals surface area contributed by atoms with Crippen LogP contribution in [0, 0.1) is 0 Å². The van der Waals surface area contributed by atoms with Crippen molar-refractivity contribution in [2.45, 2.75) is 12.8 Å². The minimum atomic E-state index is -0.471. The normalized spacial score (nSPS) is 10.1. The number of nitrogens with zero attached hydrogens (tertiary/aromatic N) is 1. The Balaban J connectivity index is 1.69. The summed E-state index contributed by atoms with van der Waals surface area (Å²) in [6.45, 7) is 0.422. The first-order valence-electron chi connectivity index (χ1n) is 7.23. The molecule has 0 aliphatic carbocycles. The first kappa shape index (κ1) is 17.7. The Bertz CT molecular complexity index is 684. The average molecular weight is 350 g/mol. The van der Waals surface area contributed by atoms with E-state index in [2.05, 4.69) is 15.0 Å². The van der Waals surface area contributed by atoms with E-state index >= 15 is 0 Å². The van der Waals surface area contributed by atoms with Crippen LogP contribution in [0.4, 0.5) is 5.13 Å². The number of ether oxygens (including phenoxy) is 3. The standard InChI is InChI=1S/C16H18N2O5S/c1-21-11-5-7-12(8-6-11)23-9-3-4-14(19)18-16-17-10-13(24-16)15(20)22-2/h5-8,10H,3-4,9H2,1-2H3,(H,17,18,19). The lowest BCUT2D eigenvalue weighted by Crippen LogP contribution is -2.12. The topological polar surface area (TPSA) is 86.8 Å². The van der Waals surface area contributed by atoms with Crippen molar-refractivity contribution in [2.75, 3.05) is 26.1 Å². The van der Waals surface area contributed by atoms with Gasteiger partial charge in [0.15, 0.2) is 5.13 Å². The molecule has 0 saturated heterocycles. The van der Waals surface area contributed by atoms with Crippen LogP contribution in [-0.2, 0) is 9.53 Å². The Morgan fingerprint density at radius 1 is 1.17 bits per heavy atom. The molecule has 0 spiro atoms. The minimum Gasteiger partial charge on any atom is -0.497 e. The van der Waals surface area contributed by atoms with Crippen LogP contribution in [0.25, 0.3) is 0 Å². The molecular formula is C16H18N2O5S. The summed E-state index contributed by atoms with van der Waals surface area (Å²) in [5.41, 5.74) is 0. The molecule has 2 rings (SSSR count). The first-order chi connectivity index (χ1) is 11.6. The fraction of sp³-hybridized carbons (Fsp3) is 0.312. The maximum Gasteiger partial charge on any atom is 0.349 e. The van der Waals surface area contributed by atoms with Gasteiger partial charge >= 0.3 is 5.97 Å². The molecule has 0 aliphatic heterocycles. The summed E-state index contributed by atoms with van der Waals surface area (Å²) in [4.78, 5) is 27.4. The van der Waals surface area contributed by atoms with E-state index in [1.54, 1.807) is 7.11 Å². The summed E-state index contributed by atoms with van der Waals surface area (Å²) in [6.07, 6.45) is 2.23. The number of carbonyl (C=O) groups excluding carboxylic acids is 2. The summed E-state index contributed by atoms with van der Waals surface area (Å²) in [7, 11) is 2.90. The molecule has 8 heteroatoms. The first-order valence-corrected chi connectivity index (χ1v) is 8.05. The van der Waals surface area contributed by atoms with Crippen molar-refractivity contribution in [2.24, 2.45) is 0 Å². The Morgan fingerprint density at radius 3 is 2.54 bits per heavy atom. The summed E-state index contributed by atoms with van der Waals surface area (Å²) >= 11 is 1.07. The van der Waals surface area contributed by atoms with E-state index in [0.717, 1.165) is 22.8 Å². The van der Waals surface area contributed by atoms with Gasteiger partial charge in [0.25, 0.3) is 0 Å². The van der Waals surface area contributed by atoms with Gasteiger partial charge in [-0.25, -0.2) is 9.78 Å². The summed E-state index contributed by atoms with van der Waals surface area (Å²) < 4.78 is 15.2. The minimum absolute atomic E-state index is 0.181. The Morgan fingerprint density at radius 2 is 1.88 bits per heavy atom. The molecule has 0 saturated carbocycles. The lowest BCUT2D eigenvalue weighted by Gasteiger charge is -2.07. The van der Waals surface area contributed by atoms with E-state index in [0.29, 0.717) is 29.5 Å². The number of esters is 1. The van der Waals surface area contributed by atoms with Gasteiger partial charge in [0, 0.05) is 6.42 Å². The number of nitrogens with one attached hydrogen (secondary N) is 1. The average Bonchev–Trinajstić information content (AvgIpc) is 3.07. The third-order valence-corrected chi connectivity index (χ3v) is 3.91. The quantitative estimate of drug-likeness (QED) is 0.582. The van der Waals surface area contributed by atoms with E-state index in [-0.39, 0.29) is 5.91 Å². The lowest BCUT2D eigenvalue weighted by molar-refractivity contribution is -0.116. The van der Waals surface area contributed by atoms with Crippen molar-refractivity contribution in [3.8, 4) is 11.5 Å². The van der Waals surface area contributed by atoms with Crippen molar-refractivity contribution >= 4 is 28.3 Å². The predicted octanol–water partition coefficient (Wildman–Crippen LogP) is 2.74. The number of carbonyl (C=O) groups is 2. The molecule has 7 nitrogen and oxygen atoms in total.